The summed E-state index contributed by atoms with van der Waals surface area (Å²) in [5.74, 6) is 0. The number of hydrogen-bond donors (Lipinski definition) is 2. The molecule has 0 amide bonds. The van der Waals surface area contributed by atoms with E-state index in [0.29, 0.717) is 13.1 Å². The van der Waals surface area contributed by atoms with E-state index < -0.39 is 0 Å². The highest BCUT2D eigenvalue weighted by molar-refractivity contribution is 5.25. The summed E-state index contributed by atoms with van der Waals surface area (Å²) in [6.45, 7) is 7.55. The van der Waals surface area contributed by atoms with Gasteiger partial charge in [-0.15, -0.1) is 0 Å². The van der Waals surface area contributed by atoms with Gasteiger partial charge in [-0.2, -0.15) is 0 Å². The van der Waals surface area contributed by atoms with Crippen molar-refractivity contribution < 1.29 is 10.2 Å². The van der Waals surface area contributed by atoms with Crippen LogP contribution in [0.4, 0.5) is 0 Å². The maximum atomic E-state index is 9.46. The third-order valence-electron chi connectivity index (χ3n) is 2.70. The summed E-state index contributed by atoms with van der Waals surface area (Å²) in [6, 6.07) is 8.21. The minimum absolute atomic E-state index is 0.377. The van der Waals surface area contributed by atoms with E-state index in [1.807, 2.05) is 12.1 Å². The molecule has 96 valence electrons. The minimum Gasteiger partial charge on any atom is -0.392 e. The smallest absolute Gasteiger partial charge is 0.0639 e. The number of hydrogen-bond acceptors (Lipinski definition) is 3. The Balaban J connectivity index is 2.68. The van der Waals surface area contributed by atoms with Crippen LogP contribution in [0.3, 0.4) is 0 Å². The highest BCUT2D eigenvalue weighted by atomic mass is 16.3. The predicted molar refractivity (Wildman–Crippen MR) is 69.8 cm³/mol. The molecule has 17 heavy (non-hydrogen) atoms. The summed E-state index contributed by atoms with van der Waals surface area (Å²) in [6.07, 6.45) is -0.754. The fourth-order valence-electron chi connectivity index (χ4n) is 1.98. The summed E-state index contributed by atoms with van der Waals surface area (Å²) in [5, 5.41) is 18.9. The Labute approximate surface area is 104 Å². The third kappa shape index (κ3) is 5.31. The second-order valence-corrected chi connectivity index (χ2v) is 4.82. The largest absolute Gasteiger partial charge is 0.392 e. The topological polar surface area (TPSA) is 43.7 Å². The summed E-state index contributed by atoms with van der Waals surface area (Å²) in [7, 11) is 0. The number of aliphatic hydroxyl groups is 2. The second-order valence-electron chi connectivity index (χ2n) is 4.82. The van der Waals surface area contributed by atoms with E-state index in [9.17, 15) is 10.2 Å². The van der Waals surface area contributed by atoms with Gasteiger partial charge in [-0.3, -0.25) is 4.90 Å². The van der Waals surface area contributed by atoms with Crippen LogP contribution in [0.1, 0.15) is 25.0 Å². The zero-order chi connectivity index (χ0) is 12.8. The molecule has 0 unspecified atom stereocenters. The van der Waals surface area contributed by atoms with Gasteiger partial charge in [-0.1, -0.05) is 24.3 Å². The first-order chi connectivity index (χ1) is 7.99. The van der Waals surface area contributed by atoms with Gasteiger partial charge in [0.15, 0.2) is 0 Å². The van der Waals surface area contributed by atoms with Gasteiger partial charge in [0.25, 0.3) is 0 Å². The maximum Gasteiger partial charge on any atom is 0.0639 e. The Morgan fingerprint density at radius 3 is 2.06 bits per heavy atom. The average Bonchev–Trinajstić information content (AvgIpc) is 2.19. The van der Waals surface area contributed by atoms with Crippen molar-refractivity contribution >= 4 is 0 Å². The van der Waals surface area contributed by atoms with Crippen LogP contribution in [-0.4, -0.2) is 40.4 Å². The fraction of sp³-hybridized carbons (Fsp3) is 0.571. The van der Waals surface area contributed by atoms with Crippen LogP contribution in [0, 0.1) is 6.92 Å². The Morgan fingerprint density at radius 2 is 1.59 bits per heavy atom. The fourth-order valence-corrected chi connectivity index (χ4v) is 1.98. The van der Waals surface area contributed by atoms with Crippen LogP contribution in [0.15, 0.2) is 24.3 Å². The SMILES string of the molecule is Cc1ccccc1CN(C[C@H](C)O)C[C@H](C)O. The second kappa shape index (κ2) is 6.74. The van der Waals surface area contributed by atoms with Crippen molar-refractivity contribution in [3.05, 3.63) is 35.4 Å². The lowest BCUT2D eigenvalue weighted by Crippen LogP contribution is -2.36. The van der Waals surface area contributed by atoms with E-state index in [0.717, 1.165) is 6.54 Å². The molecular formula is C14H23NO2. The van der Waals surface area contributed by atoms with Crippen molar-refractivity contribution in [3.63, 3.8) is 0 Å². The molecule has 0 aliphatic carbocycles. The maximum absolute atomic E-state index is 9.46. The number of aliphatic hydroxyl groups excluding tert-OH is 2. The predicted octanol–water partition coefficient (Wildman–Crippen LogP) is 1.56. The molecule has 0 fully saturated rings. The van der Waals surface area contributed by atoms with Crippen molar-refractivity contribution in [1.29, 1.82) is 0 Å². The lowest BCUT2D eigenvalue weighted by Gasteiger charge is -2.25. The van der Waals surface area contributed by atoms with Crippen molar-refractivity contribution in [2.24, 2.45) is 0 Å². The van der Waals surface area contributed by atoms with Crippen molar-refractivity contribution in [2.45, 2.75) is 39.5 Å². The standard InChI is InChI=1S/C14H23NO2/c1-11-6-4-5-7-14(11)10-15(8-12(2)16)9-13(3)17/h4-7,12-13,16-17H,8-10H2,1-3H3/t12-,13-/m0/s1. The zero-order valence-electron chi connectivity index (χ0n) is 10.9. The molecule has 1 aromatic rings. The molecule has 3 heteroatoms. The van der Waals surface area contributed by atoms with Crippen molar-refractivity contribution in [2.75, 3.05) is 13.1 Å². The van der Waals surface area contributed by atoms with E-state index >= 15 is 0 Å². The molecule has 1 rings (SSSR count). The van der Waals surface area contributed by atoms with Gasteiger partial charge >= 0.3 is 0 Å². The van der Waals surface area contributed by atoms with Gasteiger partial charge < -0.3 is 10.2 Å². The van der Waals surface area contributed by atoms with E-state index in [2.05, 4.69) is 24.0 Å². The molecule has 0 heterocycles. The highest BCUT2D eigenvalue weighted by Crippen LogP contribution is 2.11. The van der Waals surface area contributed by atoms with E-state index in [-0.39, 0.29) is 12.2 Å². The first kappa shape index (κ1) is 14.2. The normalized spacial score (nSPS) is 14.9. The molecule has 0 spiro atoms. The molecule has 2 N–H and O–H groups in total. The molecular weight excluding hydrogens is 214 g/mol. The summed E-state index contributed by atoms with van der Waals surface area (Å²) in [5.41, 5.74) is 2.49. The van der Waals surface area contributed by atoms with Crippen LogP contribution < -0.4 is 0 Å². The van der Waals surface area contributed by atoms with Crippen LogP contribution in [-0.2, 0) is 6.54 Å². The van der Waals surface area contributed by atoms with Crippen LogP contribution in [0.5, 0.6) is 0 Å². The van der Waals surface area contributed by atoms with Crippen LogP contribution in [0.2, 0.25) is 0 Å². The van der Waals surface area contributed by atoms with Gasteiger partial charge in [0.2, 0.25) is 0 Å². The molecule has 0 aromatic heterocycles. The number of nitrogens with zero attached hydrogens (tertiary/aromatic N) is 1. The summed E-state index contributed by atoms with van der Waals surface area (Å²) in [4.78, 5) is 2.08. The highest BCUT2D eigenvalue weighted by Gasteiger charge is 2.12. The molecule has 1 aromatic carbocycles. The Morgan fingerprint density at radius 1 is 1.06 bits per heavy atom. The third-order valence-corrected chi connectivity index (χ3v) is 2.70. The molecule has 3 nitrogen and oxygen atoms in total. The summed E-state index contributed by atoms with van der Waals surface area (Å²) >= 11 is 0. The van der Waals surface area contributed by atoms with Crippen molar-refractivity contribution in [1.82, 2.24) is 4.90 Å². The van der Waals surface area contributed by atoms with Crippen molar-refractivity contribution in [3.8, 4) is 0 Å². The van der Waals surface area contributed by atoms with Gasteiger partial charge in [-0.05, 0) is 31.9 Å². The Kier molecular flexibility index (Phi) is 5.62. The van der Waals surface area contributed by atoms with Gasteiger partial charge in [0.1, 0.15) is 0 Å². The average molecular weight is 237 g/mol. The summed E-state index contributed by atoms with van der Waals surface area (Å²) < 4.78 is 0. The first-order valence-corrected chi connectivity index (χ1v) is 6.12. The van der Waals surface area contributed by atoms with E-state index in [1.54, 1.807) is 13.8 Å². The van der Waals surface area contributed by atoms with Gasteiger partial charge in [-0.25, -0.2) is 0 Å². The van der Waals surface area contributed by atoms with Crippen LogP contribution in [0.25, 0.3) is 0 Å². The Hall–Kier alpha value is -0.900. The molecule has 0 aliphatic rings. The van der Waals surface area contributed by atoms with E-state index in [4.69, 9.17) is 0 Å². The molecule has 0 bridgehead atoms. The number of aryl methyl sites for hydroxylation is 1. The first-order valence-electron chi connectivity index (χ1n) is 6.12. The van der Waals surface area contributed by atoms with Gasteiger partial charge in [0.05, 0.1) is 12.2 Å². The Bertz CT molecular complexity index is 327. The van der Waals surface area contributed by atoms with E-state index in [1.165, 1.54) is 11.1 Å². The lowest BCUT2D eigenvalue weighted by atomic mass is 10.1. The monoisotopic (exact) mass is 237 g/mol. The quantitative estimate of drug-likeness (QED) is 0.789. The zero-order valence-corrected chi connectivity index (χ0v) is 10.9. The molecule has 0 aliphatic heterocycles. The molecule has 0 saturated carbocycles. The number of rotatable bonds is 6. The molecule has 0 saturated heterocycles. The minimum atomic E-state index is -0.377. The van der Waals surface area contributed by atoms with Gasteiger partial charge in [0, 0.05) is 19.6 Å². The van der Waals surface area contributed by atoms with Crippen LogP contribution >= 0.6 is 0 Å². The molecule has 0 radical (unpaired) electrons. The number of benzene rings is 1. The molecule has 2 atom stereocenters. The lowest BCUT2D eigenvalue weighted by molar-refractivity contribution is 0.0793.